The second-order valence-corrected chi connectivity index (χ2v) is 5.24. The quantitative estimate of drug-likeness (QED) is 0.742. The summed E-state index contributed by atoms with van der Waals surface area (Å²) in [5.41, 5.74) is 0.577. The average molecular weight is 253 g/mol. The molecule has 3 heteroatoms. The SMILES string of the molecule is C[C@@H]1CCC[C@H](OC(=O)c2ccc(Cl)cc2)C1. The van der Waals surface area contributed by atoms with Crippen molar-refractivity contribution in [2.45, 2.75) is 38.7 Å². The standard InChI is InChI=1S/C14H17ClO2/c1-10-3-2-4-13(9-10)17-14(16)11-5-7-12(15)8-6-11/h5-8,10,13H,2-4,9H2,1H3/t10-,13+/m1/s1. The predicted octanol–water partition coefficient (Wildman–Crippen LogP) is 4.08. The molecule has 0 heterocycles. The Morgan fingerprint density at radius 2 is 2.00 bits per heavy atom. The van der Waals surface area contributed by atoms with E-state index in [-0.39, 0.29) is 12.1 Å². The van der Waals surface area contributed by atoms with Crippen LogP contribution in [-0.4, -0.2) is 12.1 Å². The molecule has 1 aromatic rings. The van der Waals surface area contributed by atoms with Crippen molar-refractivity contribution in [3.05, 3.63) is 34.9 Å². The Bertz CT molecular complexity index is 386. The van der Waals surface area contributed by atoms with Crippen molar-refractivity contribution in [1.82, 2.24) is 0 Å². The smallest absolute Gasteiger partial charge is 0.338 e. The molecule has 1 aromatic carbocycles. The number of hydrogen-bond acceptors (Lipinski definition) is 2. The zero-order valence-corrected chi connectivity index (χ0v) is 10.7. The Hall–Kier alpha value is -1.02. The molecule has 2 nitrogen and oxygen atoms in total. The van der Waals surface area contributed by atoms with E-state index in [1.165, 1.54) is 6.42 Å². The van der Waals surface area contributed by atoms with Crippen LogP contribution in [0.4, 0.5) is 0 Å². The molecule has 1 fully saturated rings. The minimum atomic E-state index is -0.235. The molecule has 1 aliphatic rings. The van der Waals surface area contributed by atoms with Gasteiger partial charge < -0.3 is 4.74 Å². The zero-order valence-electron chi connectivity index (χ0n) is 9.99. The molecule has 1 saturated carbocycles. The lowest BCUT2D eigenvalue weighted by Gasteiger charge is -2.26. The van der Waals surface area contributed by atoms with Gasteiger partial charge in [-0.25, -0.2) is 4.79 Å². The summed E-state index contributed by atoms with van der Waals surface area (Å²) in [6.07, 6.45) is 4.46. The van der Waals surface area contributed by atoms with Gasteiger partial charge in [-0.1, -0.05) is 24.9 Å². The van der Waals surface area contributed by atoms with Gasteiger partial charge in [-0.3, -0.25) is 0 Å². The van der Waals surface area contributed by atoms with E-state index in [4.69, 9.17) is 16.3 Å². The number of carbonyl (C=O) groups is 1. The van der Waals surface area contributed by atoms with E-state index < -0.39 is 0 Å². The highest BCUT2D eigenvalue weighted by atomic mass is 35.5. The van der Waals surface area contributed by atoms with Crippen LogP contribution < -0.4 is 0 Å². The molecule has 0 unspecified atom stereocenters. The summed E-state index contributed by atoms with van der Waals surface area (Å²) in [7, 11) is 0. The Balaban J connectivity index is 1.94. The molecule has 92 valence electrons. The third kappa shape index (κ3) is 3.47. The number of hydrogen-bond donors (Lipinski definition) is 0. The van der Waals surface area contributed by atoms with Gasteiger partial charge in [0.25, 0.3) is 0 Å². The van der Waals surface area contributed by atoms with E-state index in [0.29, 0.717) is 16.5 Å². The summed E-state index contributed by atoms with van der Waals surface area (Å²) < 4.78 is 5.51. The molecule has 1 aliphatic carbocycles. The topological polar surface area (TPSA) is 26.3 Å². The first-order valence-corrected chi connectivity index (χ1v) is 6.49. The molecule has 0 bridgehead atoms. The molecular formula is C14H17ClO2. The molecule has 0 saturated heterocycles. The lowest BCUT2D eigenvalue weighted by molar-refractivity contribution is 0.0155. The van der Waals surface area contributed by atoms with Crippen LogP contribution in [0.3, 0.4) is 0 Å². The van der Waals surface area contributed by atoms with Crippen molar-refractivity contribution in [1.29, 1.82) is 0 Å². The Kier molecular flexibility index (Phi) is 4.06. The molecule has 0 N–H and O–H groups in total. The summed E-state index contributed by atoms with van der Waals surface area (Å²) in [6, 6.07) is 6.83. The first-order chi connectivity index (χ1) is 8.15. The van der Waals surface area contributed by atoms with Crippen LogP contribution in [0.2, 0.25) is 5.02 Å². The molecule has 2 rings (SSSR count). The second kappa shape index (κ2) is 5.54. The van der Waals surface area contributed by atoms with Gasteiger partial charge in [0.15, 0.2) is 0 Å². The summed E-state index contributed by atoms with van der Waals surface area (Å²) in [5.74, 6) is 0.424. The highest BCUT2D eigenvalue weighted by molar-refractivity contribution is 6.30. The molecule has 0 spiro atoms. The minimum Gasteiger partial charge on any atom is -0.459 e. The number of carbonyl (C=O) groups excluding carboxylic acids is 1. The van der Waals surface area contributed by atoms with Crippen molar-refractivity contribution in [3.8, 4) is 0 Å². The van der Waals surface area contributed by atoms with Gasteiger partial charge in [0.05, 0.1) is 5.56 Å². The molecule has 17 heavy (non-hydrogen) atoms. The lowest BCUT2D eigenvalue weighted by atomic mass is 9.89. The lowest BCUT2D eigenvalue weighted by Crippen LogP contribution is -2.24. The van der Waals surface area contributed by atoms with Gasteiger partial charge in [-0.15, -0.1) is 0 Å². The van der Waals surface area contributed by atoms with Crippen LogP contribution in [0.25, 0.3) is 0 Å². The maximum Gasteiger partial charge on any atom is 0.338 e. The fourth-order valence-corrected chi connectivity index (χ4v) is 2.42. The van der Waals surface area contributed by atoms with Crippen LogP contribution in [0.1, 0.15) is 43.0 Å². The predicted molar refractivity (Wildman–Crippen MR) is 68.3 cm³/mol. The van der Waals surface area contributed by atoms with Gasteiger partial charge in [-0.05, 0) is 49.4 Å². The van der Waals surface area contributed by atoms with Crippen molar-refractivity contribution < 1.29 is 9.53 Å². The number of benzene rings is 1. The monoisotopic (exact) mass is 252 g/mol. The van der Waals surface area contributed by atoms with E-state index in [2.05, 4.69) is 6.92 Å². The van der Waals surface area contributed by atoms with E-state index in [9.17, 15) is 4.79 Å². The van der Waals surface area contributed by atoms with Gasteiger partial charge in [0, 0.05) is 5.02 Å². The third-order valence-corrected chi connectivity index (χ3v) is 3.49. The van der Waals surface area contributed by atoms with Gasteiger partial charge in [0.1, 0.15) is 6.10 Å². The van der Waals surface area contributed by atoms with Crippen molar-refractivity contribution in [3.63, 3.8) is 0 Å². The number of esters is 1. The molecule has 0 radical (unpaired) electrons. The Labute approximate surface area is 107 Å². The van der Waals surface area contributed by atoms with Crippen LogP contribution in [0.5, 0.6) is 0 Å². The van der Waals surface area contributed by atoms with E-state index in [1.54, 1.807) is 24.3 Å². The van der Waals surface area contributed by atoms with Crippen LogP contribution in [0.15, 0.2) is 24.3 Å². The van der Waals surface area contributed by atoms with E-state index in [1.807, 2.05) is 0 Å². The molecular weight excluding hydrogens is 236 g/mol. The highest BCUT2D eigenvalue weighted by Crippen LogP contribution is 2.26. The zero-order chi connectivity index (χ0) is 12.3. The molecule has 0 aromatic heterocycles. The fourth-order valence-electron chi connectivity index (χ4n) is 2.29. The van der Waals surface area contributed by atoms with Crippen LogP contribution in [0, 0.1) is 5.92 Å². The minimum absolute atomic E-state index is 0.0851. The maximum absolute atomic E-state index is 11.9. The third-order valence-electron chi connectivity index (χ3n) is 3.24. The van der Waals surface area contributed by atoms with Crippen molar-refractivity contribution in [2.24, 2.45) is 5.92 Å². The van der Waals surface area contributed by atoms with Gasteiger partial charge in [0.2, 0.25) is 0 Å². The summed E-state index contributed by atoms with van der Waals surface area (Å²) in [6.45, 7) is 2.21. The Morgan fingerprint density at radius 1 is 1.29 bits per heavy atom. The number of rotatable bonds is 2. The summed E-state index contributed by atoms with van der Waals surface area (Å²) in [5, 5.41) is 0.632. The summed E-state index contributed by atoms with van der Waals surface area (Å²) in [4.78, 5) is 11.9. The molecule has 0 amide bonds. The van der Waals surface area contributed by atoms with Crippen LogP contribution >= 0.6 is 11.6 Å². The van der Waals surface area contributed by atoms with Crippen LogP contribution in [-0.2, 0) is 4.74 Å². The molecule has 0 aliphatic heterocycles. The van der Waals surface area contributed by atoms with E-state index >= 15 is 0 Å². The Morgan fingerprint density at radius 3 is 2.65 bits per heavy atom. The first-order valence-electron chi connectivity index (χ1n) is 6.11. The second-order valence-electron chi connectivity index (χ2n) is 4.81. The highest BCUT2D eigenvalue weighted by Gasteiger charge is 2.22. The first kappa shape index (κ1) is 12.4. The van der Waals surface area contributed by atoms with Gasteiger partial charge in [-0.2, -0.15) is 0 Å². The number of halogens is 1. The average Bonchev–Trinajstić information content (AvgIpc) is 2.29. The fraction of sp³-hybridized carbons (Fsp3) is 0.500. The van der Waals surface area contributed by atoms with Crippen molar-refractivity contribution in [2.75, 3.05) is 0 Å². The van der Waals surface area contributed by atoms with Gasteiger partial charge >= 0.3 is 5.97 Å². The summed E-state index contributed by atoms with van der Waals surface area (Å²) >= 11 is 5.78. The maximum atomic E-state index is 11.9. The largest absolute Gasteiger partial charge is 0.459 e. The van der Waals surface area contributed by atoms with E-state index in [0.717, 1.165) is 19.3 Å². The number of ether oxygens (including phenoxy) is 1. The van der Waals surface area contributed by atoms with Crippen molar-refractivity contribution >= 4 is 17.6 Å². The molecule has 2 atom stereocenters. The normalized spacial score (nSPS) is 24.4.